The van der Waals surface area contributed by atoms with Crippen molar-refractivity contribution in [3.8, 4) is 0 Å². The van der Waals surface area contributed by atoms with Crippen LogP contribution in [0.25, 0.3) is 0 Å². The predicted octanol–water partition coefficient (Wildman–Crippen LogP) is 3.23. The Hall–Kier alpha value is -2.17. The molecule has 0 radical (unpaired) electrons. The average molecular weight is 431 g/mol. The van der Waals surface area contributed by atoms with Crippen LogP contribution >= 0.6 is 0 Å². The number of hydroxylamine groups is 2. The molecular formula is C20H28F3N3O4. The Labute approximate surface area is 173 Å². The Bertz CT molecular complexity index is 715. The normalized spacial score (nSPS) is 20.8. The van der Waals surface area contributed by atoms with Crippen molar-refractivity contribution in [2.75, 3.05) is 19.6 Å². The molecule has 1 saturated heterocycles. The van der Waals surface area contributed by atoms with Crippen molar-refractivity contribution < 1.29 is 32.8 Å². The first-order valence-corrected chi connectivity index (χ1v) is 9.92. The number of nitrogens with zero attached hydrogens (tertiary/aromatic N) is 3. The van der Waals surface area contributed by atoms with E-state index >= 15 is 0 Å². The van der Waals surface area contributed by atoms with Crippen LogP contribution < -0.4 is 0 Å². The molecule has 0 spiro atoms. The van der Waals surface area contributed by atoms with Gasteiger partial charge in [0.25, 0.3) is 0 Å². The number of piperazine rings is 1. The molecular weight excluding hydrogens is 403 g/mol. The summed E-state index contributed by atoms with van der Waals surface area (Å²) in [7, 11) is 0. The Morgan fingerprint density at radius 1 is 1.17 bits per heavy atom. The van der Waals surface area contributed by atoms with Crippen LogP contribution in [-0.4, -0.2) is 70.0 Å². The van der Waals surface area contributed by atoms with Crippen molar-refractivity contribution in [1.29, 1.82) is 0 Å². The molecule has 2 rings (SSSR count). The minimum Gasteiger partial charge on any atom is -0.302 e. The van der Waals surface area contributed by atoms with Crippen molar-refractivity contribution in [2.45, 2.75) is 58.4 Å². The Balaban J connectivity index is 1.93. The zero-order chi connectivity index (χ0) is 22.5. The number of rotatable bonds is 6. The summed E-state index contributed by atoms with van der Waals surface area (Å²) >= 11 is 0. The summed E-state index contributed by atoms with van der Waals surface area (Å²) in [6.45, 7) is 10.2. The molecule has 1 aromatic carbocycles. The summed E-state index contributed by atoms with van der Waals surface area (Å²) in [6, 6.07) is 6.90. The van der Waals surface area contributed by atoms with Gasteiger partial charge in [0.1, 0.15) is 0 Å². The lowest BCUT2D eigenvalue weighted by Crippen LogP contribution is -2.56. The molecule has 1 fully saturated rings. The van der Waals surface area contributed by atoms with E-state index in [4.69, 9.17) is 0 Å². The number of hydrogen-bond donors (Lipinski definition) is 1. The SMILES string of the molecule is CCCCN1[C@H](C)CN(Cc2ccc(C(=O)N(O)OC(=O)C(F)(F)F)cc2)C[C@@H]1C. The summed E-state index contributed by atoms with van der Waals surface area (Å²) in [5.74, 6) is -3.96. The van der Waals surface area contributed by atoms with Gasteiger partial charge in [0.2, 0.25) is 0 Å². The van der Waals surface area contributed by atoms with Gasteiger partial charge >= 0.3 is 18.1 Å². The number of hydrogen-bond acceptors (Lipinski definition) is 6. The van der Waals surface area contributed by atoms with Crippen molar-refractivity contribution in [3.63, 3.8) is 0 Å². The van der Waals surface area contributed by atoms with E-state index in [1.165, 1.54) is 18.6 Å². The van der Waals surface area contributed by atoms with Crippen LogP contribution in [0.5, 0.6) is 0 Å². The van der Waals surface area contributed by atoms with Crippen LogP contribution in [0.1, 0.15) is 49.5 Å². The first-order valence-electron chi connectivity index (χ1n) is 9.92. The largest absolute Gasteiger partial charge is 0.493 e. The lowest BCUT2D eigenvalue weighted by molar-refractivity contribution is -0.301. The standard InChI is InChI=1S/C20H28F3N3O4/c1-4-5-10-25-14(2)11-24(12-15(25)3)13-16-6-8-17(9-7-16)18(27)26(29)30-19(28)20(21,22)23/h6-9,14-15,29H,4-5,10-13H2,1-3H3/t14-,15+. The molecule has 1 aliphatic rings. The molecule has 0 unspecified atom stereocenters. The average Bonchev–Trinajstić information content (AvgIpc) is 2.66. The number of unbranched alkanes of at least 4 members (excludes halogenated alkanes) is 1. The van der Waals surface area contributed by atoms with Gasteiger partial charge in [0.15, 0.2) is 0 Å². The van der Waals surface area contributed by atoms with Crippen molar-refractivity contribution in [2.24, 2.45) is 0 Å². The Kier molecular flexibility index (Phi) is 8.22. The maximum atomic E-state index is 12.2. The quantitative estimate of drug-likeness (QED) is 0.551. The molecule has 30 heavy (non-hydrogen) atoms. The van der Waals surface area contributed by atoms with Gasteiger partial charge in [-0.3, -0.25) is 19.8 Å². The van der Waals surface area contributed by atoms with Crippen molar-refractivity contribution >= 4 is 11.9 Å². The molecule has 1 aliphatic heterocycles. The third-order valence-corrected chi connectivity index (χ3v) is 5.13. The van der Waals surface area contributed by atoms with Gasteiger partial charge < -0.3 is 4.84 Å². The highest BCUT2D eigenvalue weighted by Crippen LogP contribution is 2.20. The molecule has 7 nitrogen and oxygen atoms in total. The maximum absolute atomic E-state index is 12.2. The summed E-state index contributed by atoms with van der Waals surface area (Å²) in [5, 5.41) is 8.60. The van der Waals surface area contributed by atoms with E-state index in [9.17, 15) is 28.0 Å². The first-order chi connectivity index (χ1) is 14.0. The highest BCUT2D eigenvalue weighted by Gasteiger charge is 2.43. The van der Waals surface area contributed by atoms with Crippen LogP contribution in [-0.2, 0) is 16.2 Å². The fourth-order valence-corrected chi connectivity index (χ4v) is 3.67. The monoisotopic (exact) mass is 431 g/mol. The summed E-state index contributed by atoms with van der Waals surface area (Å²) < 4.78 is 36.5. The minimum absolute atomic E-state index is 0.109. The second-order valence-electron chi connectivity index (χ2n) is 7.64. The molecule has 1 heterocycles. The van der Waals surface area contributed by atoms with Gasteiger partial charge in [-0.15, -0.1) is 0 Å². The lowest BCUT2D eigenvalue weighted by Gasteiger charge is -2.44. The highest BCUT2D eigenvalue weighted by molar-refractivity contribution is 5.93. The van der Waals surface area contributed by atoms with E-state index in [1.807, 2.05) is 0 Å². The third kappa shape index (κ3) is 6.41. The van der Waals surface area contributed by atoms with E-state index in [0.717, 1.165) is 31.6 Å². The Morgan fingerprint density at radius 3 is 2.23 bits per heavy atom. The number of alkyl halides is 3. The van der Waals surface area contributed by atoms with E-state index in [-0.39, 0.29) is 5.56 Å². The molecule has 168 valence electrons. The van der Waals surface area contributed by atoms with Gasteiger partial charge in [-0.2, -0.15) is 13.2 Å². The second kappa shape index (κ2) is 10.2. The fraction of sp³-hybridized carbons (Fsp3) is 0.600. The summed E-state index contributed by atoms with van der Waals surface area (Å²) in [6.07, 6.45) is -2.99. The predicted molar refractivity (Wildman–Crippen MR) is 102 cm³/mol. The number of halogens is 3. The summed E-state index contributed by atoms with van der Waals surface area (Å²) in [4.78, 5) is 31.1. The smallest absolute Gasteiger partial charge is 0.302 e. The molecule has 2 atom stereocenters. The topological polar surface area (TPSA) is 73.3 Å². The lowest BCUT2D eigenvalue weighted by atomic mass is 10.1. The molecule has 0 bridgehead atoms. The van der Waals surface area contributed by atoms with Crippen molar-refractivity contribution in [3.05, 3.63) is 35.4 Å². The van der Waals surface area contributed by atoms with Crippen molar-refractivity contribution in [1.82, 2.24) is 15.0 Å². The van der Waals surface area contributed by atoms with E-state index in [2.05, 4.69) is 35.4 Å². The maximum Gasteiger partial charge on any atom is 0.493 e. The van der Waals surface area contributed by atoms with Crippen LogP contribution in [0.3, 0.4) is 0 Å². The molecule has 1 amide bonds. The van der Waals surface area contributed by atoms with E-state index in [0.29, 0.717) is 18.6 Å². The fourth-order valence-electron chi connectivity index (χ4n) is 3.67. The molecule has 10 heteroatoms. The summed E-state index contributed by atoms with van der Waals surface area (Å²) in [5.41, 5.74) is 0.812. The third-order valence-electron chi connectivity index (χ3n) is 5.13. The van der Waals surface area contributed by atoms with E-state index in [1.54, 1.807) is 12.1 Å². The zero-order valence-electron chi connectivity index (χ0n) is 17.4. The van der Waals surface area contributed by atoms with Gasteiger partial charge in [-0.1, -0.05) is 25.5 Å². The van der Waals surface area contributed by atoms with Crippen LogP contribution in [0.2, 0.25) is 0 Å². The second-order valence-corrected chi connectivity index (χ2v) is 7.64. The van der Waals surface area contributed by atoms with E-state index < -0.39 is 23.3 Å². The van der Waals surface area contributed by atoms with Crippen LogP contribution in [0.4, 0.5) is 13.2 Å². The number of amides is 1. The molecule has 0 saturated carbocycles. The van der Waals surface area contributed by atoms with Crippen LogP contribution in [0, 0.1) is 0 Å². The molecule has 0 aliphatic carbocycles. The molecule has 1 N–H and O–H groups in total. The molecule has 0 aromatic heterocycles. The van der Waals surface area contributed by atoms with Gasteiger partial charge in [0, 0.05) is 37.3 Å². The number of benzene rings is 1. The molecule has 1 aromatic rings. The first kappa shape index (κ1) is 24.1. The van der Waals surface area contributed by atoms with Gasteiger partial charge in [0.05, 0.1) is 0 Å². The van der Waals surface area contributed by atoms with Gasteiger partial charge in [-0.25, -0.2) is 4.79 Å². The van der Waals surface area contributed by atoms with Crippen LogP contribution in [0.15, 0.2) is 24.3 Å². The Morgan fingerprint density at radius 2 is 1.73 bits per heavy atom. The van der Waals surface area contributed by atoms with Gasteiger partial charge in [-0.05, 0) is 49.7 Å². The minimum atomic E-state index is -5.32. The number of carbonyl (C=O) groups excluding carboxylic acids is 2. The number of carbonyl (C=O) groups is 2. The highest BCUT2D eigenvalue weighted by atomic mass is 19.4. The zero-order valence-corrected chi connectivity index (χ0v) is 17.4.